The van der Waals surface area contributed by atoms with E-state index in [9.17, 15) is 4.79 Å². The first-order valence-corrected chi connectivity index (χ1v) is 10.6. The zero-order valence-corrected chi connectivity index (χ0v) is 16.4. The summed E-state index contributed by atoms with van der Waals surface area (Å²) in [5.74, 6) is 1.11. The van der Waals surface area contributed by atoms with E-state index in [4.69, 9.17) is 0 Å². The van der Waals surface area contributed by atoms with Crippen LogP contribution in [0.3, 0.4) is 0 Å². The number of aromatic nitrogens is 3. The fourth-order valence-corrected chi connectivity index (χ4v) is 5.48. The number of nitrogens with one attached hydrogen (secondary N) is 1. The average molecular weight is 398 g/mol. The Morgan fingerprint density at radius 3 is 2.83 bits per heavy atom. The molecule has 2 aliphatic rings. The Morgan fingerprint density at radius 2 is 1.93 bits per heavy atom. The van der Waals surface area contributed by atoms with Gasteiger partial charge in [-0.3, -0.25) is 4.79 Å². The molecule has 2 atom stereocenters. The lowest BCUT2D eigenvalue weighted by atomic mass is 9.79. The van der Waals surface area contributed by atoms with Crippen LogP contribution in [0.25, 0.3) is 10.8 Å². The number of nitrogens with zero attached hydrogens (tertiary/aromatic N) is 3. The number of hydrogen-bond acceptors (Lipinski definition) is 5. The number of ketones is 1. The first kappa shape index (κ1) is 16.7. The van der Waals surface area contributed by atoms with Gasteiger partial charge in [0.1, 0.15) is 12.4 Å². The van der Waals surface area contributed by atoms with Crippen LogP contribution in [0.2, 0.25) is 0 Å². The van der Waals surface area contributed by atoms with E-state index in [-0.39, 0.29) is 17.7 Å². The molecule has 0 spiro atoms. The van der Waals surface area contributed by atoms with E-state index in [1.54, 1.807) is 17.7 Å². The third-order valence-corrected chi connectivity index (χ3v) is 6.96. The van der Waals surface area contributed by atoms with Crippen molar-refractivity contribution in [2.75, 3.05) is 5.32 Å². The van der Waals surface area contributed by atoms with Crippen molar-refractivity contribution in [1.29, 1.82) is 0 Å². The number of carbonyl (C=O) groups excluding carboxylic acids is 1. The number of carbonyl (C=O) groups is 1. The molecular formula is C23H18N4OS. The van der Waals surface area contributed by atoms with Gasteiger partial charge in [-0.2, -0.15) is 10.1 Å². The van der Waals surface area contributed by atoms with E-state index < -0.39 is 0 Å². The standard InChI is InChI=1S/C23H18N4OS/c28-19-12-15(20-9-4-10-29-20)11-18-21(19)22(27-23(26-18)24-13-25-27)17-8-3-6-14-5-1-2-7-16(14)17/h1-10,13,15,22H,11-12H2,(H,24,25,26). The molecule has 2 unspecified atom stereocenters. The monoisotopic (exact) mass is 398 g/mol. The smallest absolute Gasteiger partial charge is 0.226 e. The number of thiophene rings is 1. The predicted octanol–water partition coefficient (Wildman–Crippen LogP) is 4.91. The van der Waals surface area contributed by atoms with E-state index in [2.05, 4.69) is 63.2 Å². The molecule has 4 aromatic rings. The summed E-state index contributed by atoms with van der Waals surface area (Å²) in [5, 5.41) is 12.3. The topological polar surface area (TPSA) is 59.8 Å². The molecule has 0 radical (unpaired) electrons. The van der Waals surface area contributed by atoms with Gasteiger partial charge in [-0.25, -0.2) is 4.68 Å². The summed E-state index contributed by atoms with van der Waals surface area (Å²) in [6.07, 6.45) is 2.90. The van der Waals surface area contributed by atoms with E-state index in [1.165, 1.54) is 4.88 Å². The van der Waals surface area contributed by atoms with Crippen molar-refractivity contribution in [3.63, 3.8) is 0 Å². The van der Waals surface area contributed by atoms with Crippen molar-refractivity contribution in [3.05, 3.63) is 88.0 Å². The third kappa shape index (κ3) is 2.56. The molecule has 1 aliphatic carbocycles. The molecule has 2 aromatic heterocycles. The minimum atomic E-state index is -0.258. The molecule has 0 saturated heterocycles. The van der Waals surface area contributed by atoms with Crippen LogP contribution in [0.15, 0.2) is 77.6 Å². The van der Waals surface area contributed by atoms with E-state index in [1.807, 2.05) is 16.8 Å². The maximum atomic E-state index is 13.4. The van der Waals surface area contributed by atoms with Gasteiger partial charge >= 0.3 is 0 Å². The summed E-state index contributed by atoms with van der Waals surface area (Å²) in [6, 6.07) is 18.5. The number of Topliss-reactive ketones (excluding diaryl/α,β-unsaturated/α-hetero) is 1. The maximum absolute atomic E-state index is 13.4. The van der Waals surface area contributed by atoms with Gasteiger partial charge in [0.15, 0.2) is 5.78 Å². The highest BCUT2D eigenvalue weighted by atomic mass is 32.1. The Balaban J connectivity index is 1.55. The van der Waals surface area contributed by atoms with Crippen molar-refractivity contribution in [3.8, 4) is 0 Å². The SMILES string of the molecule is O=C1CC(c2cccs2)CC2=C1C(c1cccc3ccccc13)n1ncnc1N2. The molecule has 5 nitrogen and oxygen atoms in total. The van der Waals surface area contributed by atoms with Crippen LogP contribution in [0.5, 0.6) is 0 Å². The highest BCUT2D eigenvalue weighted by Gasteiger charge is 2.39. The highest BCUT2D eigenvalue weighted by molar-refractivity contribution is 7.10. The largest absolute Gasteiger partial charge is 0.328 e. The average Bonchev–Trinajstić information content (AvgIpc) is 3.44. The summed E-state index contributed by atoms with van der Waals surface area (Å²) in [6.45, 7) is 0. The van der Waals surface area contributed by atoms with Gasteiger partial charge in [-0.15, -0.1) is 11.3 Å². The predicted molar refractivity (Wildman–Crippen MR) is 114 cm³/mol. The minimum Gasteiger partial charge on any atom is -0.328 e. The van der Waals surface area contributed by atoms with Gasteiger partial charge in [-0.1, -0.05) is 48.5 Å². The molecule has 0 fully saturated rings. The number of benzene rings is 2. The summed E-state index contributed by atoms with van der Waals surface area (Å²) in [4.78, 5) is 19.1. The first-order valence-electron chi connectivity index (χ1n) is 9.73. The third-order valence-electron chi connectivity index (χ3n) is 5.93. The molecule has 2 aromatic carbocycles. The Labute approximate surface area is 171 Å². The fraction of sp³-hybridized carbons (Fsp3) is 0.174. The van der Waals surface area contributed by atoms with Crippen molar-refractivity contribution in [2.45, 2.75) is 24.8 Å². The van der Waals surface area contributed by atoms with E-state index in [0.29, 0.717) is 12.4 Å². The maximum Gasteiger partial charge on any atom is 0.226 e. The first-order chi connectivity index (χ1) is 14.3. The van der Waals surface area contributed by atoms with Crippen LogP contribution in [0.4, 0.5) is 5.95 Å². The van der Waals surface area contributed by atoms with Gasteiger partial charge in [0.25, 0.3) is 0 Å². The molecule has 0 bridgehead atoms. The van der Waals surface area contributed by atoms with Crippen LogP contribution in [-0.2, 0) is 4.79 Å². The van der Waals surface area contributed by atoms with Crippen LogP contribution < -0.4 is 5.32 Å². The molecule has 0 saturated carbocycles. The second-order valence-electron chi connectivity index (χ2n) is 7.56. The molecular weight excluding hydrogens is 380 g/mol. The zero-order valence-electron chi connectivity index (χ0n) is 15.6. The molecule has 3 heterocycles. The van der Waals surface area contributed by atoms with Crippen LogP contribution >= 0.6 is 11.3 Å². The van der Waals surface area contributed by atoms with Crippen molar-refractivity contribution >= 4 is 33.8 Å². The minimum absolute atomic E-state index is 0.191. The molecule has 1 aliphatic heterocycles. The van der Waals surface area contributed by atoms with Gasteiger partial charge in [0.2, 0.25) is 5.95 Å². The second kappa shape index (κ2) is 6.39. The number of allylic oxidation sites excluding steroid dienone is 2. The van der Waals surface area contributed by atoms with Gasteiger partial charge < -0.3 is 5.32 Å². The van der Waals surface area contributed by atoms with Crippen molar-refractivity contribution in [2.24, 2.45) is 0 Å². The number of fused-ring (bicyclic) bond motifs is 2. The molecule has 0 amide bonds. The van der Waals surface area contributed by atoms with E-state index in [0.717, 1.165) is 34.0 Å². The van der Waals surface area contributed by atoms with Crippen molar-refractivity contribution in [1.82, 2.24) is 14.8 Å². The van der Waals surface area contributed by atoms with Gasteiger partial charge in [-0.05, 0) is 34.2 Å². The quantitative estimate of drug-likeness (QED) is 0.521. The summed E-state index contributed by atoms with van der Waals surface area (Å²) < 4.78 is 1.85. The molecule has 6 rings (SSSR count). The summed E-state index contributed by atoms with van der Waals surface area (Å²) in [5.41, 5.74) is 2.90. The highest BCUT2D eigenvalue weighted by Crippen LogP contribution is 2.45. The summed E-state index contributed by atoms with van der Waals surface area (Å²) in [7, 11) is 0. The lowest BCUT2D eigenvalue weighted by Gasteiger charge is -2.35. The fourth-order valence-electron chi connectivity index (χ4n) is 4.65. The zero-order chi connectivity index (χ0) is 19.4. The number of anilines is 1. The van der Waals surface area contributed by atoms with Gasteiger partial charge in [0, 0.05) is 28.5 Å². The molecule has 29 heavy (non-hydrogen) atoms. The number of hydrogen-bond donors (Lipinski definition) is 1. The van der Waals surface area contributed by atoms with Crippen molar-refractivity contribution < 1.29 is 4.79 Å². The number of rotatable bonds is 2. The Morgan fingerprint density at radius 1 is 1.03 bits per heavy atom. The Bertz CT molecular complexity index is 1270. The van der Waals surface area contributed by atoms with Crippen LogP contribution in [0.1, 0.15) is 35.2 Å². The Hall–Kier alpha value is -3.25. The van der Waals surface area contributed by atoms with Crippen LogP contribution in [0, 0.1) is 0 Å². The normalized spacial score (nSPS) is 21.0. The molecule has 6 heteroatoms. The lowest BCUT2D eigenvalue weighted by Crippen LogP contribution is -2.33. The van der Waals surface area contributed by atoms with Crippen LogP contribution in [-0.4, -0.2) is 20.5 Å². The Kier molecular flexibility index (Phi) is 3.67. The van der Waals surface area contributed by atoms with Gasteiger partial charge in [0.05, 0.1) is 0 Å². The molecule has 142 valence electrons. The lowest BCUT2D eigenvalue weighted by molar-refractivity contribution is -0.116. The molecule has 1 N–H and O–H groups in total. The van der Waals surface area contributed by atoms with E-state index >= 15 is 0 Å². The second-order valence-corrected chi connectivity index (χ2v) is 8.54. The summed E-state index contributed by atoms with van der Waals surface area (Å²) >= 11 is 1.72.